The standard InChI is InChI=1S/C24H18BrClN2O2S/c1-15-23(17-7-10-19(26)11-8-17)28-24(31-15)27-22(29)14-30-21-12-9-18(13-20(21)25)16-5-3-2-4-6-16/h2-13H,14H2,1H3,(H,27,28,29). The summed E-state index contributed by atoms with van der Waals surface area (Å²) in [5, 5.41) is 4.02. The first-order valence-corrected chi connectivity index (χ1v) is 11.5. The van der Waals surface area contributed by atoms with E-state index in [2.05, 4.69) is 26.2 Å². The zero-order valence-corrected chi connectivity index (χ0v) is 19.7. The van der Waals surface area contributed by atoms with Crippen LogP contribution in [-0.4, -0.2) is 17.5 Å². The number of carbonyl (C=O) groups excluding carboxylic acids is 1. The number of amides is 1. The highest BCUT2D eigenvalue weighted by Gasteiger charge is 2.13. The molecule has 1 amide bonds. The van der Waals surface area contributed by atoms with Crippen LogP contribution >= 0.6 is 38.9 Å². The molecule has 1 aromatic heterocycles. The lowest BCUT2D eigenvalue weighted by Crippen LogP contribution is -2.20. The minimum absolute atomic E-state index is 0.113. The third kappa shape index (κ3) is 5.34. The minimum atomic E-state index is -0.268. The van der Waals surface area contributed by atoms with Crippen molar-refractivity contribution in [2.24, 2.45) is 0 Å². The van der Waals surface area contributed by atoms with Crippen molar-refractivity contribution >= 4 is 49.9 Å². The molecule has 4 rings (SSSR count). The van der Waals surface area contributed by atoms with E-state index in [4.69, 9.17) is 16.3 Å². The second kappa shape index (κ2) is 9.64. The largest absolute Gasteiger partial charge is 0.483 e. The Balaban J connectivity index is 1.39. The highest BCUT2D eigenvalue weighted by molar-refractivity contribution is 9.10. The van der Waals surface area contributed by atoms with E-state index in [0.717, 1.165) is 31.7 Å². The van der Waals surface area contributed by atoms with Gasteiger partial charge in [0.1, 0.15) is 5.75 Å². The van der Waals surface area contributed by atoms with E-state index in [-0.39, 0.29) is 12.5 Å². The molecule has 0 saturated carbocycles. The summed E-state index contributed by atoms with van der Waals surface area (Å²) in [5.41, 5.74) is 3.97. The van der Waals surface area contributed by atoms with E-state index in [9.17, 15) is 4.79 Å². The van der Waals surface area contributed by atoms with Gasteiger partial charge in [0, 0.05) is 15.5 Å². The van der Waals surface area contributed by atoms with Crippen LogP contribution in [0.2, 0.25) is 5.02 Å². The molecular formula is C24H18BrClN2O2S. The van der Waals surface area contributed by atoms with E-state index >= 15 is 0 Å². The van der Waals surface area contributed by atoms with Crippen LogP contribution in [0.1, 0.15) is 4.88 Å². The molecular weight excluding hydrogens is 496 g/mol. The Kier molecular flexibility index (Phi) is 6.70. The smallest absolute Gasteiger partial charge is 0.264 e. The molecule has 0 bridgehead atoms. The van der Waals surface area contributed by atoms with Gasteiger partial charge in [0.05, 0.1) is 10.2 Å². The van der Waals surface area contributed by atoms with Gasteiger partial charge in [0.2, 0.25) is 0 Å². The van der Waals surface area contributed by atoms with Crippen molar-refractivity contribution < 1.29 is 9.53 Å². The number of carbonyl (C=O) groups is 1. The van der Waals surface area contributed by atoms with E-state index in [0.29, 0.717) is 15.9 Å². The third-order valence-electron chi connectivity index (χ3n) is 4.56. The predicted molar refractivity (Wildman–Crippen MR) is 131 cm³/mol. The van der Waals surface area contributed by atoms with Crippen molar-refractivity contribution in [1.82, 2.24) is 4.98 Å². The molecule has 0 aliphatic carbocycles. The molecule has 0 unspecified atom stereocenters. The number of hydrogen-bond donors (Lipinski definition) is 1. The number of ether oxygens (including phenoxy) is 1. The summed E-state index contributed by atoms with van der Waals surface area (Å²) in [5.74, 6) is 0.336. The van der Waals surface area contributed by atoms with E-state index in [1.807, 2.05) is 79.7 Å². The van der Waals surface area contributed by atoms with Crippen LogP contribution in [0.4, 0.5) is 5.13 Å². The van der Waals surface area contributed by atoms with Crippen molar-refractivity contribution in [2.45, 2.75) is 6.92 Å². The quantitative estimate of drug-likeness (QED) is 0.296. The monoisotopic (exact) mass is 512 g/mol. The Morgan fingerprint density at radius 1 is 1.03 bits per heavy atom. The molecule has 1 heterocycles. The molecule has 0 aliphatic heterocycles. The minimum Gasteiger partial charge on any atom is -0.483 e. The normalized spacial score (nSPS) is 10.7. The maximum Gasteiger partial charge on any atom is 0.264 e. The summed E-state index contributed by atoms with van der Waals surface area (Å²) in [4.78, 5) is 17.9. The molecule has 0 spiro atoms. The molecule has 3 aromatic carbocycles. The topological polar surface area (TPSA) is 51.2 Å². The van der Waals surface area contributed by atoms with Crippen molar-refractivity contribution in [3.8, 4) is 28.1 Å². The predicted octanol–water partition coefficient (Wildman–Crippen LogP) is 7.22. The van der Waals surface area contributed by atoms with Crippen LogP contribution < -0.4 is 10.1 Å². The number of anilines is 1. The average Bonchev–Trinajstić information content (AvgIpc) is 3.13. The van der Waals surface area contributed by atoms with Gasteiger partial charge in [0.15, 0.2) is 11.7 Å². The van der Waals surface area contributed by atoms with E-state index in [1.54, 1.807) is 0 Å². The summed E-state index contributed by atoms with van der Waals surface area (Å²) in [6.45, 7) is 1.86. The fourth-order valence-electron chi connectivity index (χ4n) is 3.05. The van der Waals surface area contributed by atoms with Gasteiger partial charge in [-0.2, -0.15) is 0 Å². The van der Waals surface area contributed by atoms with Crippen molar-refractivity contribution in [3.63, 3.8) is 0 Å². The SMILES string of the molecule is Cc1sc(NC(=O)COc2ccc(-c3ccccc3)cc2Br)nc1-c1ccc(Cl)cc1. The third-order valence-corrected chi connectivity index (χ3v) is 6.32. The number of nitrogens with one attached hydrogen (secondary N) is 1. The molecule has 1 N–H and O–H groups in total. The molecule has 156 valence electrons. The first kappa shape index (κ1) is 21.6. The lowest BCUT2D eigenvalue weighted by molar-refractivity contribution is -0.118. The van der Waals surface area contributed by atoms with Crippen LogP contribution in [0.25, 0.3) is 22.4 Å². The van der Waals surface area contributed by atoms with Gasteiger partial charge in [-0.05, 0) is 58.2 Å². The fraction of sp³-hybridized carbons (Fsp3) is 0.0833. The Hall–Kier alpha value is -2.67. The van der Waals surface area contributed by atoms with Gasteiger partial charge in [-0.15, -0.1) is 11.3 Å². The average molecular weight is 514 g/mol. The number of rotatable bonds is 6. The molecule has 31 heavy (non-hydrogen) atoms. The van der Waals surface area contributed by atoms with E-state index in [1.165, 1.54) is 11.3 Å². The van der Waals surface area contributed by atoms with Crippen LogP contribution in [0.3, 0.4) is 0 Å². The van der Waals surface area contributed by atoms with Crippen molar-refractivity contribution in [2.75, 3.05) is 11.9 Å². The Morgan fingerprint density at radius 2 is 1.74 bits per heavy atom. The molecule has 0 fully saturated rings. The van der Waals surface area contributed by atoms with Gasteiger partial charge in [0.25, 0.3) is 5.91 Å². The summed E-state index contributed by atoms with van der Waals surface area (Å²) in [6.07, 6.45) is 0. The molecule has 4 nitrogen and oxygen atoms in total. The second-order valence-corrected chi connectivity index (χ2v) is 9.27. The number of thiazole rings is 1. The zero-order valence-electron chi connectivity index (χ0n) is 16.6. The maximum atomic E-state index is 12.4. The first-order valence-electron chi connectivity index (χ1n) is 9.50. The Labute approximate surface area is 198 Å². The van der Waals surface area contributed by atoms with Gasteiger partial charge in [-0.25, -0.2) is 4.98 Å². The number of nitrogens with zero attached hydrogens (tertiary/aromatic N) is 1. The first-order chi connectivity index (χ1) is 15.0. The maximum absolute atomic E-state index is 12.4. The zero-order chi connectivity index (χ0) is 21.8. The second-order valence-electron chi connectivity index (χ2n) is 6.78. The van der Waals surface area contributed by atoms with Crippen molar-refractivity contribution in [1.29, 1.82) is 0 Å². The fourth-order valence-corrected chi connectivity index (χ4v) is 4.52. The summed E-state index contributed by atoms with van der Waals surface area (Å²) < 4.78 is 6.49. The molecule has 0 aliphatic rings. The number of aromatic nitrogens is 1. The molecule has 0 atom stereocenters. The van der Waals surface area contributed by atoms with Gasteiger partial charge < -0.3 is 4.74 Å². The summed E-state index contributed by atoms with van der Waals surface area (Å²) >= 11 is 10.9. The highest BCUT2D eigenvalue weighted by atomic mass is 79.9. The Bertz CT molecular complexity index is 1210. The van der Waals surface area contributed by atoms with Crippen LogP contribution in [0.5, 0.6) is 5.75 Å². The van der Waals surface area contributed by atoms with Gasteiger partial charge >= 0.3 is 0 Å². The lowest BCUT2D eigenvalue weighted by Gasteiger charge is -2.10. The number of aryl methyl sites for hydroxylation is 1. The van der Waals surface area contributed by atoms with E-state index < -0.39 is 0 Å². The van der Waals surface area contributed by atoms with Gasteiger partial charge in [-0.3, -0.25) is 10.1 Å². The van der Waals surface area contributed by atoms with Crippen molar-refractivity contribution in [3.05, 3.63) is 87.2 Å². The number of halogens is 2. The number of benzene rings is 3. The number of hydrogen-bond acceptors (Lipinski definition) is 4. The lowest BCUT2D eigenvalue weighted by atomic mass is 10.1. The molecule has 7 heteroatoms. The van der Waals surface area contributed by atoms with Gasteiger partial charge in [-0.1, -0.05) is 60.1 Å². The summed E-state index contributed by atoms with van der Waals surface area (Å²) in [6, 6.07) is 23.3. The highest BCUT2D eigenvalue weighted by Crippen LogP contribution is 2.32. The summed E-state index contributed by atoms with van der Waals surface area (Å²) in [7, 11) is 0. The molecule has 0 saturated heterocycles. The molecule has 0 radical (unpaired) electrons. The van der Waals surface area contributed by atoms with Crippen LogP contribution in [-0.2, 0) is 4.79 Å². The Morgan fingerprint density at radius 3 is 2.45 bits per heavy atom. The van der Waals surface area contributed by atoms with Crippen LogP contribution in [0, 0.1) is 6.92 Å². The molecule has 4 aromatic rings. The van der Waals surface area contributed by atoms with Crippen LogP contribution in [0.15, 0.2) is 77.3 Å².